The highest BCUT2D eigenvalue weighted by molar-refractivity contribution is 7.98. The van der Waals surface area contributed by atoms with E-state index in [4.69, 9.17) is 21.7 Å². The van der Waals surface area contributed by atoms with Crippen LogP contribution in [0.25, 0.3) is 0 Å². The van der Waals surface area contributed by atoms with Crippen LogP contribution in [-0.2, 0) is 19.2 Å². The third kappa shape index (κ3) is 11.0. The summed E-state index contributed by atoms with van der Waals surface area (Å²) < 4.78 is 0. The number of unbranched alkanes of at least 4 members (excludes halogenated alkanes) is 1. The molecule has 9 N–H and O–H groups in total. The minimum Gasteiger partial charge on any atom is -0.480 e. The standard InChI is InChI=1S/C17H33N5O6S/c1-10(14(24)22-13(9-23)17(27)28)20-16(26)12(6-8-29-2)21-15(25)11(19)5-3-4-7-18/h10-13,23H,3-9,18-19H2,1-2H3,(H,20,26)(H,21,25)(H,22,24)(H,27,28). The molecule has 29 heavy (non-hydrogen) atoms. The van der Waals surface area contributed by atoms with Crippen LogP contribution in [0, 0.1) is 0 Å². The second kappa shape index (κ2) is 15.0. The second-order valence-electron chi connectivity index (χ2n) is 6.55. The summed E-state index contributed by atoms with van der Waals surface area (Å²) in [6.45, 7) is 1.10. The molecule has 0 radical (unpaired) electrons. The fourth-order valence-electron chi connectivity index (χ4n) is 2.28. The van der Waals surface area contributed by atoms with Gasteiger partial charge in [-0.1, -0.05) is 6.42 Å². The molecule has 4 unspecified atom stereocenters. The molecule has 0 aliphatic heterocycles. The molecular weight excluding hydrogens is 402 g/mol. The smallest absolute Gasteiger partial charge is 0.328 e. The summed E-state index contributed by atoms with van der Waals surface area (Å²) in [5, 5.41) is 25.0. The molecule has 0 aromatic rings. The summed E-state index contributed by atoms with van der Waals surface area (Å²) in [5.41, 5.74) is 11.3. The molecule has 0 aliphatic rings. The van der Waals surface area contributed by atoms with E-state index >= 15 is 0 Å². The molecule has 11 nitrogen and oxygen atoms in total. The van der Waals surface area contributed by atoms with Gasteiger partial charge in [0.2, 0.25) is 17.7 Å². The van der Waals surface area contributed by atoms with Crippen molar-refractivity contribution in [2.45, 2.75) is 56.8 Å². The minimum atomic E-state index is -1.47. The normalized spacial score (nSPS) is 14.9. The summed E-state index contributed by atoms with van der Waals surface area (Å²) in [6, 6.07) is -4.20. The van der Waals surface area contributed by atoms with Gasteiger partial charge in [0.05, 0.1) is 12.6 Å². The van der Waals surface area contributed by atoms with Gasteiger partial charge in [0.1, 0.15) is 18.1 Å². The Balaban J connectivity index is 4.86. The Kier molecular flexibility index (Phi) is 14.0. The van der Waals surface area contributed by atoms with E-state index in [2.05, 4.69) is 16.0 Å². The first-order valence-corrected chi connectivity index (χ1v) is 10.8. The van der Waals surface area contributed by atoms with Gasteiger partial charge >= 0.3 is 5.97 Å². The predicted octanol–water partition coefficient (Wildman–Crippen LogP) is -2.25. The summed E-state index contributed by atoms with van der Waals surface area (Å²) in [7, 11) is 0. The van der Waals surface area contributed by atoms with Crippen molar-refractivity contribution in [2.75, 3.05) is 25.2 Å². The monoisotopic (exact) mass is 435 g/mol. The number of hydrogen-bond donors (Lipinski definition) is 7. The number of nitrogens with two attached hydrogens (primary N) is 2. The van der Waals surface area contributed by atoms with E-state index in [1.807, 2.05) is 6.26 Å². The maximum Gasteiger partial charge on any atom is 0.328 e. The van der Waals surface area contributed by atoms with Gasteiger partial charge in [-0.25, -0.2) is 4.79 Å². The number of aliphatic hydroxyl groups excluding tert-OH is 1. The number of aliphatic carboxylic acids is 1. The van der Waals surface area contributed by atoms with Crippen LogP contribution in [0.15, 0.2) is 0 Å². The first-order chi connectivity index (χ1) is 13.7. The van der Waals surface area contributed by atoms with Gasteiger partial charge in [0, 0.05) is 0 Å². The lowest BCUT2D eigenvalue weighted by atomic mass is 10.1. The average Bonchev–Trinajstić information content (AvgIpc) is 2.68. The molecule has 0 bridgehead atoms. The largest absolute Gasteiger partial charge is 0.480 e. The average molecular weight is 436 g/mol. The molecule has 168 valence electrons. The lowest BCUT2D eigenvalue weighted by Crippen LogP contribution is -2.56. The molecule has 0 aromatic heterocycles. The molecule has 0 heterocycles. The second-order valence-corrected chi connectivity index (χ2v) is 7.53. The summed E-state index contributed by atoms with van der Waals surface area (Å²) in [5.74, 6) is -2.62. The first-order valence-electron chi connectivity index (χ1n) is 9.37. The Hall–Kier alpha value is -1.89. The number of amides is 3. The molecule has 0 spiro atoms. The fraction of sp³-hybridized carbons (Fsp3) is 0.765. The molecule has 0 aromatic carbocycles. The molecule has 4 atom stereocenters. The SMILES string of the molecule is CSCCC(NC(=O)C(N)CCCCN)C(=O)NC(C)C(=O)NC(CO)C(=O)O. The van der Waals surface area contributed by atoms with Crippen molar-refractivity contribution in [1.82, 2.24) is 16.0 Å². The summed E-state index contributed by atoms with van der Waals surface area (Å²) in [6.07, 6.45) is 4.06. The van der Waals surface area contributed by atoms with Gasteiger partial charge in [0.15, 0.2) is 0 Å². The van der Waals surface area contributed by atoms with Crippen LogP contribution in [0.4, 0.5) is 0 Å². The van der Waals surface area contributed by atoms with E-state index in [9.17, 15) is 19.2 Å². The van der Waals surface area contributed by atoms with Gasteiger partial charge < -0.3 is 37.6 Å². The number of carbonyl (C=O) groups excluding carboxylic acids is 3. The highest BCUT2D eigenvalue weighted by atomic mass is 32.2. The Morgan fingerprint density at radius 2 is 1.59 bits per heavy atom. The van der Waals surface area contributed by atoms with Crippen LogP contribution in [0.1, 0.15) is 32.6 Å². The highest BCUT2D eigenvalue weighted by Crippen LogP contribution is 2.04. The van der Waals surface area contributed by atoms with E-state index in [1.165, 1.54) is 18.7 Å². The number of hydrogen-bond acceptors (Lipinski definition) is 8. The number of carbonyl (C=O) groups is 4. The van der Waals surface area contributed by atoms with Crippen LogP contribution >= 0.6 is 11.8 Å². The molecule has 0 fully saturated rings. The predicted molar refractivity (Wildman–Crippen MR) is 110 cm³/mol. The van der Waals surface area contributed by atoms with E-state index < -0.39 is 54.5 Å². The Morgan fingerprint density at radius 1 is 0.966 bits per heavy atom. The van der Waals surface area contributed by atoms with Crippen LogP contribution < -0.4 is 27.4 Å². The van der Waals surface area contributed by atoms with E-state index in [0.717, 1.165) is 6.42 Å². The van der Waals surface area contributed by atoms with Crippen molar-refractivity contribution >= 4 is 35.5 Å². The molecule has 3 amide bonds. The topological polar surface area (TPSA) is 197 Å². The third-order valence-corrected chi connectivity index (χ3v) is 4.74. The zero-order valence-electron chi connectivity index (χ0n) is 16.8. The Labute approximate surface area is 174 Å². The molecule has 0 rings (SSSR count). The first kappa shape index (κ1) is 27.1. The van der Waals surface area contributed by atoms with Crippen LogP contribution in [0.5, 0.6) is 0 Å². The van der Waals surface area contributed by atoms with Crippen molar-refractivity contribution in [2.24, 2.45) is 11.5 Å². The third-order valence-electron chi connectivity index (χ3n) is 4.10. The van der Waals surface area contributed by atoms with Crippen molar-refractivity contribution in [3.8, 4) is 0 Å². The number of aliphatic hydroxyl groups is 1. The van der Waals surface area contributed by atoms with Crippen molar-refractivity contribution < 1.29 is 29.4 Å². The molecule has 0 saturated carbocycles. The zero-order chi connectivity index (χ0) is 22.4. The van der Waals surface area contributed by atoms with Crippen LogP contribution in [0.2, 0.25) is 0 Å². The quantitative estimate of drug-likeness (QED) is 0.139. The Bertz CT molecular complexity index is 550. The van der Waals surface area contributed by atoms with Crippen molar-refractivity contribution in [3.63, 3.8) is 0 Å². The van der Waals surface area contributed by atoms with Crippen molar-refractivity contribution in [3.05, 3.63) is 0 Å². The van der Waals surface area contributed by atoms with Gasteiger partial charge in [-0.3, -0.25) is 14.4 Å². The van der Waals surface area contributed by atoms with Crippen LogP contribution in [-0.4, -0.2) is 83.2 Å². The number of nitrogens with one attached hydrogen (secondary N) is 3. The van der Waals surface area contributed by atoms with Gasteiger partial charge in [-0.15, -0.1) is 0 Å². The number of carboxylic acid groups (broad SMARTS) is 1. The lowest BCUT2D eigenvalue weighted by Gasteiger charge is -2.23. The maximum atomic E-state index is 12.5. The van der Waals surface area contributed by atoms with Crippen molar-refractivity contribution in [1.29, 1.82) is 0 Å². The molecular formula is C17H33N5O6S. The van der Waals surface area contributed by atoms with Gasteiger partial charge in [-0.05, 0) is 44.7 Å². The fourth-order valence-corrected chi connectivity index (χ4v) is 2.76. The van der Waals surface area contributed by atoms with E-state index in [0.29, 0.717) is 31.6 Å². The lowest BCUT2D eigenvalue weighted by molar-refractivity contribution is -0.143. The van der Waals surface area contributed by atoms with Crippen LogP contribution in [0.3, 0.4) is 0 Å². The summed E-state index contributed by atoms with van der Waals surface area (Å²) in [4.78, 5) is 47.7. The van der Waals surface area contributed by atoms with E-state index in [1.54, 1.807) is 0 Å². The molecule has 12 heteroatoms. The number of thioether (sulfide) groups is 1. The summed E-state index contributed by atoms with van der Waals surface area (Å²) >= 11 is 1.49. The number of carboxylic acids is 1. The molecule has 0 saturated heterocycles. The minimum absolute atomic E-state index is 0.330. The van der Waals surface area contributed by atoms with Gasteiger partial charge in [-0.2, -0.15) is 11.8 Å². The highest BCUT2D eigenvalue weighted by Gasteiger charge is 2.27. The Morgan fingerprint density at radius 3 is 2.10 bits per heavy atom. The maximum absolute atomic E-state index is 12.5. The zero-order valence-corrected chi connectivity index (χ0v) is 17.7. The van der Waals surface area contributed by atoms with E-state index in [-0.39, 0.29) is 0 Å². The molecule has 0 aliphatic carbocycles. The van der Waals surface area contributed by atoms with Gasteiger partial charge in [0.25, 0.3) is 0 Å². The number of rotatable bonds is 15.